The van der Waals surface area contributed by atoms with Gasteiger partial charge in [0.1, 0.15) is 11.5 Å². The third kappa shape index (κ3) is 3.74. The molecule has 0 aliphatic carbocycles. The summed E-state index contributed by atoms with van der Waals surface area (Å²) in [6.07, 6.45) is 6.47. The highest BCUT2D eigenvalue weighted by Crippen LogP contribution is 2.25. The van der Waals surface area contributed by atoms with Gasteiger partial charge in [-0.3, -0.25) is 4.79 Å². The fourth-order valence-electron chi connectivity index (χ4n) is 2.80. The molecular weight excluding hydrogens is 360 g/mol. The van der Waals surface area contributed by atoms with E-state index in [2.05, 4.69) is 30.0 Å². The van der Waals surface area contributed by atoms with Crippen LogP contribution in [0, 0.1) is 12.3 Å². The van der Waals surface area contributed by atoms with Crippen molar-refractivity contribution >= 4 is 27.5 Å². The van der Waals surface area contributed by atoms with Crippen molar-refractivity contribution in [3.05, 3.63) is 52.3 Å². The van der Waals surface area contributed by atoms with E-state index in [1.165, 1.54) is 24.0 Å². The molecule has 0 saturated carbocycles. The minimum atomic E-state index is -0.404. The first-order valence-corrected chi connectivity index (χ1v) is 9.29. The van der Waals surface area contributed by atoms with Gasteiger partial charge in [0.15, 0.2) is 4.80 Å². The van der Waals surface area contributed by atoms with E-state index < -0.39 is 5.91 Å². The van der Waals surface area contributed by atoms with Gasteiger partial charge in [-0.1, -0.05) is 30.2 Å². The van der Waals surface area contributed by atoms with Crippen molar-refractivity contribution in [3.8, 4) is 23.8 Å². The van der Waals surface area contributed by atoms with Crippen molar-refractivity contribution in [3.63, 3.8) is 0 Å². The highest BCUT2D eigenvalue weighted by atomic mass is 32.1. The van der Waals surface area contributed by atoms with E-state index in [1.54, 1.807) is 25.3 Å². The van der Waals surface area contributed by atoms with Gasteiger partial charge in [0, 0.05) is 0 Å². The van der Waals surface area contributed by atoms with Crippen LogP contribution in [-0.4, -0.2) is 24.7 Å². The molecule has 138 valence electrons. The molecule has 0 N–H and O–H groups in total. The minimum Gasteiger partial charge on any atom is -0.497 e. The molecule has 0 fully saturated rings. The van der Waals surface area contributed by atoms with Crippen molar-refractivity contribution in [1.29, 1.82) is 0 Å². The Morgan fingerprint density at radius 1 is 1.22 bits per heavy atom. The summed E-state index contributed by atoms with van der Waals surface area (Å²) in [6, 6.07) is 11.3. The molecule has 0 radical (unpaired) electrons. The maximum Gasteiger partial charge on any atom is 0.283 e. The van der Waals surface area contributed by atoms with Crippen LogP contribution >= 0.6 is 11.3 Å². The molecule has 0 saturated heterocycles. The predicted octanol–water partition coefficient (Wildman–Crippen LogP) is 3.66. The Hall–Kier alpha value is -3.04. The van der Waals surface area contributed by atoms with Crippen molar-refractivity contribution in [2.45, 2.75) is 19.9 Å². The fourth-order valence-corrected chi connectivity index (χ4v) is 3.89. The number of ether oxygens (including phenoxy) is 2. The molecule has 6 heteroatoms. The number of terminal acetylenes is 1. The smallest absolute Gasteiger partial charge is 0.283 e. The highest BCUT2D eigenvalue weighted by Gasteiger charge is 2.14. The summed E-state index contributed by atoms with van der Waals surface area (Å²) in [5.74, 6) is 3.25. The van der Waals surface area contributed by atoms with Crippen LogP contribution in [0.25, 0.3) is 10.2 Å². The summed E-state index contributed by atoms with van der Waals surface area (Å²) in [4.78, 5) is 17.8. The van der Waals surface area contributed by atoms with E-state index in [9.17, 15) is 4.79 Å². The number of nitrogens with zero attached hydrogens (tertiary/aromatic N) is 2. The molecule has 0 aliphatic rings. The Labute approximate surface area is 161 Å². The monoisotopic (exact) mass is 380 g/mol. The van der Waals surface area contributed by atoms with Crippen LogP contribution in [0.5, 0.6) is 11.5 Å². The molecule has 0 unspecified atom stereocenters. The normalized spacial score (nSPS) is 11.4. The van der Waals surface area contributed by atoms with Crippen LogP contribution in [0.3, 0.4) is 0 Å². The van der Waals surface area contributed by atoms with Gasteiger partial charge in [-0.15, -0.1) is 6.42 Å². The number of carbonyl (C=O) groups excluding carboxylic acids is 1. The standard InChI is InChI=1S/C21H20N2O3S/c1-5-11-23-17-9-7-14(6-2)12-19(17)27-21(23)22-20(24)16-13-15(25-3)8-10-18(16)26-4/h1,7-10,12-13H,6,11H2,2-4H3. The van der Waals surface area contributed by atoms with E-state index >= 15 is 0 Å². The van der Waals surface area contributed by atoms with E-state index in [1.807, 2.05) is 10.6 Å². The van der Waals surface area contributed by atoms with Gasteiger partial charge >= 0.3 is 0 Å². The number of amides is 1. The van der Waals surface area contributed by atoms with Gasteiger partial charge in [-0.25, -0.2) is 0 Å². The lowest BCUT2D eigenvalue weighted by molar-refractivity contribution is 0.0994. The minimum absolute atomic E-state index is 0.340. The number of benzene rings is 2. The number of thiazole rings is 1. The molecule has 1 amide bonds. The first kappa shape index (κ1) is 18.7. The lowest BCUT2D eigenvalue weighted by Gasteiger charge is -2.07. The summed E-state index contributed by atoms with van der Waals surface area (Å²) in [5.41, 5.74) is 2.54. The van der Waals surface area contributed by atoms with E-state index in [4.69, 9.17) is 15.9 Å². The maximum absolute atomic E-state index is 12.9. The average Bonchev–Trinajstić information content (AvgIpc) is 3.03. The molecule has 0 bridgehead atoms. The molecule has 0 spiro atoms. The molecule has 2 aromatic carbocycles. The van der Waals surface area contributed by atoms with Crippen LogP contribution in [-0.2, 0) is 13.0 Å². The number of fused-ring (bicyclic) bond motifs is 1. The van der Waals surface area contributed by atoms with Crippen LogP contribution < -0.4 is 14.3 Å². The molecule has 27 heavy (non-hydrogen) atoms. The Balaban J connectivity index is 2.16. The number of aryl methyl sites for hydroxylation is 1. The number of hydrogen-bond donors (Lipinski definition) is 0. The fraction of sp³-hybridized carbons (Fsp3) is 0.238. The third-order valence-electron chi connectivity index (χ3n) is 4.24. The SMILES string of the molecule is C#CCn1c(=NC(=O)c2cc(OC)ccc2OC)sc2cc(CC)ccc21. The summed E-state index contributed by atoms with van der Waals surface area (Å²) in [7, 11) is 3.06. The van der Waals surface area contributed by atoms with Crippen LogP contribution in [0.2, 0.25) is 0 Å². The zero-order chi connectivity index (χ0) is 19.4. The Morgan fingerprint density at radius 2 is 2.04 bits per heavy atom. The molecular formula is C21H20N2O3S. The molecule has 3 rings (SSSR count). The largest absolute Gasteiger partial charge is 0.497 e. The van der Waals surface area contributed by atoms with Gasteiger partial charge in [0.25, 0.3) is 5.91 Å². The molecule has 1 heterocycles. The second-order valence-corrected chi connectivity index (χ2v) is 6.82. The zero-order valence-electron chi connectivity index (χ0n) is 15.5. The van der Waals surface area contributed by atoms with Crippen LogP contribution in [0.1, 0.15) is 22.8 Å². The van der Waals surface area contributed by atoms with Crippen molar-refractivity contribution < 1.29 is 14.3 Å². The van der Waals surface area contributed by atoms with E-state index in [0.717, 1.165) is 16.6 Å². The number of methoxy groups -OCH3 is 2. The van der Waals surface area contributed by atoms with Crippen LogP contribution in [0.4, 0.5) is 0 Å². The number of rotatable bonds is 5. The summed E-state index contributed by atoms with van der Waals surface area (Å²) in [5, 5.41) is 0. The first-order chi connectivity index (χ1) is 13.1. The van der Waals surface area contributed by atoms with Crippen molar-refractivity contribution in [1.82, 2.24) is 4.57 Å². The lowest BCUT2D eigenvalue weighted by atomic mass is 10.2. The Morgan fingerprint density at radius 3 is 2.70 bits per heavy atom. The molecule has 0 aliphatic heterocycles. The predicted molar refractivity (Wildman–Crippen MR) is 107 cm³/mol. The zero-order valence-corrected chi connectivity index (χ0v) is 16.3. The maximum atomic E-state index is 12.9. The van der Waals surface area contributed by atoms with E-state index in [-0.39, 0.29) is 0 Å². The van der Waals surface area contributed by atoms with Gasteiger partial charge in [-0.2, -0.15) is 4.99 Å². The summed E-state index contributed by atoms with van der Waals surface area (Å²) < 4.78 is 13.4. The number of aromatic nitrogens is 1. The Kier molecular flexibility index (Phi) is 5.63. The molecule has 0 atom stereocenters. The van der Waals surface area contributed by atoms with Crippen LogP contribution in [0.15, 0.2) is 41.4 Å². The van der Waals surface area contributed by atoms with Gasteiger partial charge in [0.05, 0.1) is 36.5 Å². The van der Waals surface area contributed by atoms with Crippen molar-refractivity contribution in [2.24, 2.45) is 4.99 Å². The quantitative estimate of drug-likeness (QED) is 0.635. The topological polar surface area (TPSA) is 52.8 Å². The molecule has 3 aromatic rings. The van der Waals surface area contributed by atoms with Gasteiger partial charge < -0.3 is 14.0 Å². The summed E-state index contributed by atoms with van der Waals surface area (Å²) >= 11 is 1.45. The number of hydrogen-bond acceptors (Lipinski definition) is 4. The molecule has 5 nitrogen and oxygen atoms in total. The highest BCUT2D eigenvalue weighted by molar-refractivity contribution is 7.16. The average molecular weight is 380 g/mol. The Bertz CT molecular complexity index is 1100. The second kappa shape index (κ2) is 8.11. The van der Waals surface area contributed by atoms with Crippen molar-refractivity contribution in [2.75, 3.05) is 14.2 Å². The molecule has 1 aromatic heterocycles. The summed E-state index contributed by atoms with van der Waals surface area (Å²) in [6.45, 7) is 2.45. The van der Waals surface area contributed by atoms with Gasteiger partial charge in [0.2, 0.25) is 0 Å². The number of carbonyl (C=O) groups is 1. The lowest BCUT2D eigenvalue weighted by Crippen LogP contribution is -2.16. The first-order valence-electron chi connectivity index (χ1n) is 8.48. The van der Waals surface area contributed by atoms with E-state index in [0.29, 0.717) is 28.4 Å². The third-order valence-corrected chi connectivity index (χ3v) is 5.28. The van der Waals surface area contributed by atoms with Gasteiger partial charge in [-0.05, 0) is 42.3 Å². The second-order valence-electron chi connectivity index (χ2n) is 5.81.